The quantitative estimate of drug-likeness (QED) is 0.661. The third kappa shape index (κ3) is 1.79. The van der Waals surface area contributed by atoms with Crippen molar-refractivity contribution in [1.82, 2.24) is 0 Å². The summed E-state index contributed by atoms with van der Waals surface area (Å²) < 4.78 is 0. The molecule has 0 aliphatic rings. The Balaban J connectivity index is 2.99. The van der Waals surface area contributed by atoms with Crippen molar-refractivity contribution in [3.8, 4) is 0 Å². The molecule has 2 heteroatoms. The highest BCUT2D eigenvalue weighted by Gasteiger charge is 1.96. The fourth-order valence-corrected chi connectivity index (χ4v) is 1.09. The Morgan fingerprint density at radius 2 is 2.18 bits per heavy atom. The standard InChI is InChI=1S/C9H13NO/c1-7-4-8(6-11)2-3-9(7)5-10/h2-4,11H,5-6,10H2,1H3. The first-order valence-corrected chi connectivity index (χ1v) is 3.67. The van der Waals surface area contributed by atoms with Crippen LogP contribution < -0.4 is 5.73 Å². The van der Waals surface area contributed by atoms with Crippen LogP contribution in [0.15, 0.2) is 18.2 Å². The average molecular weight is 151 g/mol. The Kier molecular flexibility index (Phi) is 2.63. The van der Waals surface area contributed by atoms with E-state index in [0.717, 1.165) is 16.7 Å². The van der Waals surface area contributed by atoms with Gasteiger partial charge in [-0.25, -0.2) is 0 Å². The monoisotopic (exact) mass is 151 g/mol. The van der Waals surface area contributed by atoms with Gasteiger partial charge >= 0.3 is 0 Å². The lowest BCUT2D eigenvalue weighted by Gasteiger charge is -2.03. The van der Waals surface area contributed by atoms with Gasteiger partial charge < -0.3 is 10.8 Å². The van der Waals surface area contributed by atoms with Crippen molar-refractivity contribution in [3.05, 3.63) is 34.9 Å². The number of aliphatic hydroxyl groups excluding tert-OH is 1. The lowest BCUT2D eigenvalue weighted by Crippen LogP contribution is -1.99. The van der Waals surface area contributed by atoms with Crippen LogP contribution in [0.1, 0.15) is 16.7 Å². The first kappa shape index (κ1) is 8.24. The maximum absolute atomic E-state index is 8.79. The second-order valence-electron chi connectivity index (χ2n) is 2.62. The molecule has 0 saturated heterocycles. The van der Waals surface area contributed by atoms with E-state index in [1.165, 1.54) is 0 Å². The Morgan fingerprint density at radius 3 is 2.64 bits per heavy atom. The molecule has 0 aliphatic heterocycles. The second kappa shape index (κ2) is 3.51. The summed E-state index contributed by atoms with van der Waals surface area (Å²) in [5.74, 6) is 0. The summed E-state index contributed by atoms with van der Waals surface area (Å²) >= 11 is 0. The van der Waals surface area contributed by atoms with Crippen LogP contribution in [0.25, 0.3) is 0 Å². The van der Waals surface area contributed by atoms with Gasteiger partial charge in [-0.2, -0.15) is 0 Å². The minimum Gasteiger partial charge on any atom is -0.392 e. The predicted octanol–water partition coefficient (Wildman–Crippen LogP) is 0.946. The number of benzene rings is 1. The molecule has 60 valence electrons. The number of rotatable bonds is 2. The molecule has 3 N–H and O–H groups in total. The SMILES string of the molecule is Cc1cc(CO)ccc1CN. The van der Waals surface area contributed by atoms with Gasteiger partial charge in [0.25, 0.3) is 0 Å². The van der Waals surface area contributed by atoms with Gasteiger partial charge in [-0.3, -0.25) is 0 Å². The molecule has 11 heavy (non-hydrogen) atoms. The molecule has 0 saturated carbocycles. The lowest BCUT2D eigenvalue weighted by atomic mass is 10.1. The zero-order valence-electron chi connectivity index (χ0n) is 6.67. The Labute approximate surface area is 66.7 Å². The van der Waals surface area contributed by atoms with Crippen LogP contribution in [-0.2, 0) is 13.2 Å². The molecule has 0 heterocycles. The molecule has 0 bridgehead atoms. The molecule has 1 aromatic carbocycles. The van der Waals surface area contributed by atoms with Gasteiger partial charge in [-0.05, 0) is 23.6 Å². The van der Waals surface area contributed by atoms with Crippen LogP contribution in [0.4, 0.5) is 0 Å². The molecule has 0 spiro atoms. The molecule has 0 aromatic heterocycles. The Bertz CT molecular complexity index is 245. The van der Waals surface area contributed by atoms with Gasteiger partial charge in [-0.15, -0.1) is 0 Å². The van der Waals surface area contributed by atoms with Crippen molar-refractivity contribution in [2.75, 3.05) is 0 Å². The molecule has 0 atom stereocenters. The Morgan fingerprint density at radius 1 is 1.45 bits per heavy atom. The first-order chi connectivity index (χ1) is 5.27. The Hall–Kier alpha value is -0.860. The molecule has 0 unspecified atom stereocenters. The normalized spacial score (nSPS) is 10.1. The van der Waals surface area contributed by atoms with Gasteiger partial charge in [0.05, 0.1) is 6.61 Å². The molecular weight excluding hydrogens is 138 g/mol. The van der Waals surface area contributed by atoms with Crippen molar-refractivity contribution in [1.29, 1.82) is 0 Å². The van der Waals surface area contributed by atoms with Gasteiger partial charge in [0.15, 0.2) is 0 Å². The predicted molar refractivity (Wildman–Crippen MR) is 45.0 cm³/mol. The highest BCUT2D eigenvalue weighted by atomic mass is 16.3. The molecule has 0 aliphatic carbocycles. The minimum atomic E-state index is 0.103. The first-order valence-electron chi connectivity index (χ1n) is 3.67. The molecular formula is C9H13NO. The van der Waals surface area contributed by atoms with E-state index in [4.69, 9.17) is 10.8 Å². The topological polar surface area (TPSA) is 46.2 Å². The third-order valence-corrected chi connectivity index (χ3v) is 1.81. The third-order valence-electron chi connectivity index (χ3n) is 1.81. The largest absolute Gasteiger partial charge is 0.392 e. The van der Waals surface area contributed by atoms with Crippen LogP contribution in [0, 0.1) is 6.92 Å². The van der Waals surface area contributed by atoms with E-state index in [1.807, 2.05) is 25.1 Å². The maximum Gasteiger partial charge on any atom is 0.0681 e. The maximum atomic E-state index is 8.79. The van der Waals surface area contributed by atoms with Crippen LogP contribution in [0.5, 0.6) is 0 Å². The van der Waals surface area contributed by atoms with Crippen molar-refractivity contribution in [2.24, 2.45) is 5.73 Å². The average Bonchev–Trinajstić information content (AvgIpc) is 2.04. The van der Waals surface area contributed by atoms with Crippen LogP contribution in [0.2, 0.25) is 0 Å². The number of aryl methyl sites for hydroxylation is 1. The van der Waals surface area contributed by atoms with Crippen molar-refractivity contribution < 1.29 is 5.11 Å². The summed E-state index contributed by atoms with van der Waals surface area (Å²) in [6.45, 7) is 2.67. The number of nitrogens with two attached hydrogens (primary N) is 1. The van der Waals surface area contributed by atoms with Gasteiger partial charge in [0, 0.05) is 6.54 Å². The summed E-state index contributed by atoms with van der Waals surface area (Å²) in [6.07, 6.45) is 0. The summed E-state index contributed by atoms with van der Waals surface area (Å²) in [5, 5.41) is 8.79. The lowest BCUT2D eigenvalue weighted by molar-refractivity contribution is 0.281. The molecule has 2 nitrogen and oxygen atoms in total. The molecule has 0 amide bonds. The summed E-state index contributed by atoms with van der Waals surface area (Å²) in [6, 6.07) is 5.82. The van der Waals surface area contributed by atoms with Gasteiger partial charge in [-0.1, -0.05) is 18.2 Å². The molecule has 0 radical (unpaired) electrons. The number of aliphatic hydroxyl groups is 1. The highest BCUT2D eigenvalue weighted by molar-refractivity contribution is 5.30. The molecule has 1 rings (SSSR count). The van der Waals surface area contributed by atoms with Crippen molar-refractivity contribution in [2.45, 2.75) is 20.1 Å². The number of hydrogen-bond acceptors (Lipinski definition) is 2. The summed E-state index contributed by atoms with van der Waals surface area (Å²) in [7, 11) is 0. The zero-order valence-corrected chi connectivity index (χ0v) is 6.67. The molecule has 0 fully saturated rings. The van der Waals surface area contributed by atoms with E-state index in [1.54, 1.807) is 0 Å². The van der Waals surface area contributed by atoms with E-state index in [2.05, 4.69) is 0 Å². The van der Waals surface area contributed by atoms with Crippen LogP contribution in [0.3, 0.4) is 0 Å². The molecule has 1 aromatic rings. The van der Waals surface area contributed by atoms with Crippen LogP contribution in [-0.4, -0.2) is 5.11 Å². The fraction of sp³-hybridized carbons (Fsp3) is 0.333. The highest BCUT2D eigenvalue weighted by Crippen LogP contribution is 2.09. The zero-order chi connectivity index (χ0) is 8.27. The van der Waals surface area contributed by atoms with Crippen LogP contribution >= 0.6 is 0 Å². The summed E-state index contributed by atoms with van der Waals surface area (Å²) in [4.78, 5) is 0. The second-order valence-corrected chi connectivity index (χ2v) is 2.62. The van der Waals surface area contributed by atoms with E-state index < -0.39 is 0 Å². The van der Waals surface area contributed by atoms with Crippen molar-refractivity contribution >= 4 is 0 Å². The van der Waals surface area contributed by atoms with E-state index in [-0.39, 0.29) is 6.61 Å². The van der Waals surface area contributed by atoms with Gasteiger partial charge in [0.1, 0.15) is 0 Å². The van der Waals surface area contributed by atoms with E-state index in [0.29, 0.717) is 6.54 Å². The number of hydrogen-bond donors (Lipinski definition) is 2. The van der Waals surface area contributed by atoms with Crippen molar-refractivity contribution in [3.63, 3.8) is 0 Å². The van der Waals surface area contributed by atoms with E-state index >= 15 is 0 Å². The van der Waals surface area contributed by atoms with E-state index in [9.17, 15) is 0 Å². The van der Waals surface area contributed by atoms with Gasteiger partial charge in [0.2, 0.25) is 0 Å². The summed E-state index contributed by atoms with van der Waals surface area (Å²) in [5.41, 5.74) is 8.72. The smallest absolute Gasteiger partial charge is 0.0681 e. The minimum absolute atomic E-state index is 0.103. The fourth-order valence-electron chi connectivity index (χ4n) is 1.09.